The lowest BCUT2D eigenvalue weighted by Gasteiger charge is -2.07. The van der Waals surface area contributed by atoms with Gasteiger partial charge in [-0.15, -0.1) is 0 Å². The average Bonchev–Trinajstić information content (AvgIpc) is 2.33. The van der Waals surface area contributed by atoms with Crippen molar-refractivity contribution < 1.29 is 9.90 Å². The number of halogens is 3. The monoisotopic (exact) mass is 376 g/mol. The van der Waals surface area contributed by atoms with Crippen LogP contribution in [0.3, 0.4) is 0 Å². The third-order valence-electron chi connectivity index (χ3n) is 2.29. The summed E-state index contributed by atoms with van der Waals surface area (Å²) in [5, 5.41) is 10.1. The number of carboxylic acids is 1. The van der Waals surface area contributed by atoms with Crippen LogP contribution in [0.25, 0.3) is 0 Å². The lowest BCUT2D eigenvalue weighted by Crippen LogP contribution is -1.98. The molecule has 0 amide bonds. The van der Waals surface area contributed by atoms with E-state index < -0.39 is 5.97 Å². The molecule has 19 heavy (non-hydrogen) atoms. The van der Waals surface area contributed by atoms with Gasteiger partial charge in [0.25, 0.3) is 0 Å². The van der Waals surface area contributed by atoms with Gasteiger partial charge in [-0.1, -0.05) is 50.9 Å². The summed E-state index contributed by atoms with van der Waals surface area (Å²) in [5.41, 5.74) is 0.249. The molecule has 0 heterocycles. The maximum absolute atomic E-state index is 11.2. The largest absolute Gasteiger partial charge is 0.478 e. The highest BCUT2D eigenvalue weighted by molar-refractivity contribution is 9.10. The summed E-state index contributed by atoms with van der Waals surface area (Å²) in [6, 6.07) is 10.2. The van der Waals surface area contributed by atoms with Crippen molar-refractivity contribution in [2.75, 3.05) is 0 Å². The van der Waals surface area contributed by atoms with E-state index in [-0.39, 0.29) is 5.56 Å². The van der Waals surface area contributed by atoms with Crippen molar-refractivity contribution in [3.63, 3.8) is 0 Å². The van der Waals surface area contributed by atoms with Gasteiger partial charge in [-0.3, -0.25) is 0 Å². The zero-order valence-electron chi connectivity index (χ0n) is 9.36. The number of hydrogen-bond acceptors (Lipinski definition) is 2. The third kappa shape index (κ3) is 3.66. The highest BCUT2D eigenvalue weighted by atomic mass is 79.9. The number of aromatic carboxylic acids is 1. The summed E-state index contributed by atoms with van der Waals surface area (Å²) in [6.07, 6.45) is 0. The fourth-order valence-corrected chi connectivity index (χ4v) is 3.32. The standard InChI is InChI=1S/C13H7BrCl2O2S/c14-7-1-3-9(13(17)18)12(5-7)19-8-2-4-10(15)11(16)6-8/h1-6H,(H,17,18). The molecule has 0 radical (unpaired) electrons. The molecule has 0 atom stereocenters. The molecule has 0 aliphatic heterocycles. The summed E-state index contributed by atoms with van der Waals surface area (Å²) >= 11 is 16.4. The Morgan fingerprint density at radius 2 is 1.84 bits per heavy atom. The Balaban J connectivity index is 2.39. The summed E-state index contributed by atoms with van der Waals surface area (Å²) in [7, 11) is 0. The molecule has 0 unspecified atom stereocenters. The SMILES string of the molecule is O=C(O)c1ccc(Br)cc1Sc1ccc(Cl)c(Cl)c1. The zero-order chi connectivity index (χ0) is 14.0. The molecule has 0 bridgehead atoms. The van der Waals surface area contributed by atoms with E-state index in [1.54, 1.807) is 36.4 Å². The van der Waals surface area contributed by atoms with Gasteiger partial charge in [0.05, 0.1) is 15.6 Å². The molecule has 2 aromatic carbocycles. The third-order valence-corrected chi connectivity index (χ3v) is 4.57. The fourth-order valence-electron chi connectivity index (χ4n) is 1.42. The van der Waals surface area contributed by atoms with Crippen molar-refractivity contribution in [1.29, 1.82) is 0 Å². The Bertz CT molecular complexity index is 647. The fraction of sp³-hybridized carbons (Fsp3) is 0. The molecule has 2 nitrogen and oxygen atoms in total. The minimum Gasteiger partial charge on any atom is -0.478 e. The minimum absolute atomic E-state index is 0.249. The van der Waals surface area contributed by atoms with Gasteiger partial charge in [0.1, 0.15) is 0 Å². The smallest absolute Gasteiger partial charge is 0.336 e. The first-order chi connectivity index (χ1) is 8.97. The van der Waals surface area contributed by atoms with E-state index in [1.807, 2.05) is 0 Å². The molecule has 0 spiro atoms. The van der Waals surface area contributed by atoms with Crippen molar-refractivity contribution in [3.05, 3.63) is 56.5 Å². The van der Waals surface area contributed by atoms with Gasteiger partial charge in [0.2, 0.25) is 0 Å². The molecule has 0 aromatic heterocycles. The van der Waals surface area contributed by atoms with Crippen LogP contribution in [0.1, 0.15) is 10.4 Å². The van der Waals surface area contributed by atoms with Gasteiger partial charge in [0, 0.05) is 14.3 Å². The molecule has 0 fully saturated rings. The van der Waals surface area contributed by atoms with Crippen molar-refractivity contribution in [2.24, 2.45) is 0 Å². The van der Waals surface area contributed by atoms with E-state index in [4.69, 9.17) is 28.3 Å². The Morgan fingerprint density at radius 3 is 2.47 bits per heavy atom. The maximum Gasteiger partial charge on any atom is 0.336 e. The molecule has 6 heteroatoms. The van der Waals surface area contributed by atoms with Crippen LogP contribution in [-0.2, 0) is 0 Å². The van der Waals surface area contributed by atoms with E-state index in [2.05, 4.69) is 15.9 Å². The van der Waals surface area contributed by atoms with Crippen LogP contribution in [0.2, 0.25) is 10.0 Å². The Hall–Kier alpha value is -0.680. The minimum atomic E-state index is -0.963. The van der Waals surface area contributed by atoms with Crippen LogP contribution in [0.15, 0.2) is 50.7 Å². The van der Waals surface area contributed by atoms with Gasteiger partial charge in [-0.25, -0.2) is 4.79 Å². The van der Waals surface area contributed by atoms with Crippen LogP contribution in [-0.4, -0.2) is 11.1 Å². The second kappa shape index (κ2) is 6.18. The molecule has 0 saturated carbocycles. The molecule has 2 rings (SSSR count). The number of carboxylic acid groups (broad SMARTS) is 1. The van der Waals surface area contributed by atoms with Crippen molar-refractivity contribution in [1.82, 2.24) is 0 Å². The zero-order valence-corrected chi connectivity index (χ0v) is 13.3. The second-order valence-corrected chi connectivity index (χ2v) is 6.47. The Kier molecular flexibility index (Phi) is 4.79. The Morgan fingerprint density at radius 1 is 1.11 bits per heavy atom. The predicted molar refractivity (Wildman–Crippen MR) is 81.7 cm³/mol. The van der Waals surface area contributed by atoms with E-state index in [1.165, 1.54) is 11.8 Å². The summed E-state index contributed by atoms with van der Waals surface area (Å²) < 4.78 is 0.820. The molecular weight excluding hydrogens is 371 g/mol. The highest BCUT2D eigenvalue weighted by Crippen LogP contribution is 2.35. The number of benzene rings is 2. The first-order valence-corrected chi connectivity index (χ1v) is 7.49. The van der Waals surface area contributed by atoms with Gasteiger partial charge in [0.15, 0.2) is 0 Å². The van der Waals surface area contributed by atoms with E-state index in [9.17, 15) is 4.79 Å². The van der Waals surface area contributed by atoms with Crippen LogP contribution < -0.4 is 0 Å². The van der Waals surface area contributed by atoms with Gasteiger partial charge in [-0.2, -0.15) is 0 Å². The topological polar surface area (TPSA) is 37.3 Å². The first kappa shape index (κ1) is 14.7. The van der Waals surface area contributed by atoms with Crippen molar-refractivity contribution in [3.8, 4) is 0 Å². The average molecular weight is 378 g/mol. The second-order valence-electron chi connectivity index (χ2n) is 3.62. The lowest BCUT2D eigenvalue weighted by atomic mass is 10.2. The summed E-state index contributed by atoms with van der Waals surface area (Å²) in [6.45, 7) is 0. The van der Waals surface area contributed by atoms with Gasteiger partial charge in [-0.05, 0) is 36.4 Å². The van der Waals surface area contributed by atoms with Crippen LogP contribution in [0.5, 0.6) is 0 Å². The molecule has 1 N–H and O–H groups in total. The molecule has 0 saturated heterocycles. The number of carbonyl (C=O) groups is 1. The maximum atomic E-state index is 11.2. The van der Waals surface area contributed by atoms with E-state index in [0.717, 1.165) is 9.37 Å². The first-order valence-electron chi connectivity index (χ1n) is 5.13. The highest BCUT2D eigenvalue weighted by Gasteiger charge is 2.12. The molecule has 0 aliphatic carbocycles. The molecular formula is C13H7BrCl2O2S. The van der Waals surface area contributed by atoms with Crippen molar-refractivity contribution >= 4 is 56.9 Å². The predicted octanol–water partition coefficient (Wildman–Crippen LogP) is 5.61. The normalized spacial score (nSPS) is 10.5. The number of rotatable bonds is 3. The molecule has 0 aliphatic rings. The van der Waals surface area contributed by atoms with Crippen LogP contribution in [0.4, 0.5) is 0 Å². The summed E-state index contributed by atoms with van der Waals surface area (Å²) in [4.78, 5) is 12.6. The van der Waals surface area contributed by atoms with Gasteiger partial charge >= 0.3 is 5.97 Å². The van der Waals surface area contributed by atoms with E-state index >= 15 is 0 Å². The van der Waals surface area contributed by atoms with Crippen molar-refractivity contribution in [2.45, 2.75) is 9.79 Å². The lowest BCUT2D eigenvalue weighted by molar-refractivity contribution is 0.0693. The molecule has 98 valence electrons. The van der Waals surface area contributed by atoms with Crippen LogP contribution >= 0.6 is 50.9 Å². The quantitative estimate of drug-likeness (QED) is 0.755. The summed E-state index contributed by atoms with van der Waals surface area (Å²) in [5.74, 6) is -0.963. The van der Waals surface area contributed by atoms with Crippen LogP contribution in [0, 0.1) is 0 Å². The Labute approximate surface area is 132 Å². The molecule has 2 aromatic rings. The number of hydrogen-bond donors (Lipinski definition) is 1. The van der Waals surface area contributed by atoms with E-state index in [0.29, 0.717) is 14.9 Å². The van der Waals surface area contributed by atoms with Gasteiger partial charge < -0.3 is 5.11 Å².